The van der Waals surface area contributed by atoms with Crippen molar-refractivity contribution in [2.45, 2.75) is 44.9 Å². The molecule has 0 aromatic heterocycles. The Balaban J connectivity index is 1.73. The van der Waals surface area contributed by atoms with E-state index >= 15 is 0 Å². The van der Waals surface area contributed by atoms with Gasteiger partial charge in [-0.2, -0.15) is 8.42 Å². The summed E-state index contributed by atoms with van der Waals surface area (Å²) in [4.78, 5) is 24.9. The van der Waals surface area contributed by atoms with Crippen LogP contribution in [-0.2, 0) is 19.1 Å². The summed E-state index contributed by atoms with van der Waals surface area (Å²) in [6.07, 6.45) is 1.78. The number of fused-ring (bicyclic) bond motifs is 2. The standard InChI is InChI=1S/C20H27NO5S/c1-19(2)15-9-11-20(19,17(23)13-15)18(21-3)27(24,25)26-12-10-16(22)14-7-5-4-6-8-14/h4-8,15,18,21H,9-13H2,1-3H3. The van der Waals surface area contributed by atoms with Gasteiger partial charge in [-0.25, -0.2) is 0 Å². The number of benzene rings is 1. The molecule has 0 saturated heterocycles. The minimum absolute atomic E-state index is 0.00404. The fourth-order valence-corrected chi connectivity index (χ4v) is 6.84. The molecule has 1 aromatic rings. The highest BCUT2D eigenvalue weighted by Gasteiger charge is 2.69. The van der Waals surface area contributed by atoms with Gasteiger partial charge in [-0.15, -0.1) is 0 Å². The lowest BCUT2D eigenvalue weighted by Gasteiger charge is -2.41. The summed E-state index contributed by atoms with van der Waals surface area (Å²) in [6, 6.07) is 8.69. The minimum atomic E-state index is -4.07. The molecule has 0 heterocycles. The lowest BCUT2D eigenvalue weighted by molar-refractivity contribution is -0.130. The van der Waals surface area contributed by atoms with Crippen LogP contribution in [-0.4, -0.2) is 39.0 Å². The van der Waals surface area contributed by atoms with Crippen LogP contribution in [0.4, 0.5) is 0 Å². The second kappa shape index (κ2) is 7.11. The monoisotopic (exact) mass is 393 g/mol. The van der Waals surface area contributed by atoms with E-state index in [4.69, 9.17) is 4.18 Å². The van der Waals surface area contributed by atoms with Crippen LogP contribution in [0, 0.1) is 16.7 Å². The van der Waals surface area contributed by atoms with Crippen LogP contribution >= 0.6 is 0 Å². The average Bonchev–Trinajstić information content (AvgIpc) is 2.97. The summed E-state index contributed by atoms with van der Waals surface area (Å²) >= 11 is 0. The van der Waals surface area contributed by atoms with Gasteiger partial charge in [0.25, 0.3) is 10.1 Å². The number of Topliss-reactive ketones (excluding diaryl/α,β-unsaturated/α-hetero) is 2. The molecule has 27 heavy (non-hydrogen) atoms. The number of carbonyl (C=O) groups is 2. The number of nitrogens with one attached hydrogen (secondary N) is 1. The molecule has 2 bridgehead atoms. The van der Waals surface area contributed by atoms with E-state index < -0.39 is 26.3 Å². The summed E-state index contributed by atoms with van der Waals surface area (Å²) < 4.78 is 31.1. The average molecular weight is 394 g/mol. The van der Waals surface area contributed by atoms with E-state index in [2.05, 4.69) is 5.32 Å². The first-order valence-electron chi connectivity index (χ1n) is 9.34. The molecule has 0 amide bonds. The van der Waals surface area contributed by atoms with E-state index in [1.807, 2.05) is 19.9 Å². The quantitative estimate of drug-likeness (QED) is 0.539. The molecule has 2 aliphatic rings. The number of hydrogen-bond donors (Lipinski definition) is 1. The third-order valence-corrected chi connectivity index (χ3v) is 8.37. The lowest BCUT2D eigenvalue weighted by atomic mass is 9.68. The Morgan fingerprint density at radius 2 is 1.96 bits per heavy atom. The molecule has 3 atom stereocenters. The molecule has 2 fully saturated rings. The third-order valence-electron chi connectivity index (χ3n) is 6.66. The van der Waals surface area contributed by atoms with E-state index in [0.717, 1.165) is 6.42 Å². The van der Waals surface area contributed by atoms with Crippen LogP contribution < -0.4 is 5.32 Å². The highest BCUT2D eigenvalue weighted by molar-refractivity contribution is 7.87. The highest BCUT2D eigenvalue weighted by atomic mass is 32.2. The molecule has 0 spiro atoms. The first-order chi connectivity index (χ1) is 12.7. The second-order valence-corrected chi connectivity index (χ2v) is 9.77. The molecule has 7 heteroatoms. The SMILES string of the molecule is CNC(C12CCC(CC1=O)C2(C)C)S(=O)(=O)OCCC(=O)c1ccccc1. The number of rotatable bonds is 8. The van der Waals surface area contributed by atoms with Crippen LogP contribution in [0.15, 0.2) is 30.3 Å². The Hall–Kier alpha value is -1.57. The van der Waals surface area contributed by atoms with Crippen LogP contribution in [0.3, 0.4) is 0 Å². The van der Waals surface area contributed by atoms with Crippen molar-refractivity contribution in [3.63, 3.8) is 0 Å². The van der Waals surface area contributed by atoms with Gasteiger partial charge >= 0.3 is 0 Å². The van der Waals surface area contributed by atoms with E-state index in [1.165, 1.54) is 0 Å². The first kappa shape index (κ1) is 20.2. The third kappa shape index (κ3) is 3.15. The van der Waals surface area contributed by atoms with E-state index in [0.29, 0.717) is 18.4 Å². The van der Waals surface area contributed by atoms with Gasteiger partial charge in [0.2, 0.25) is 0 Å². The van der Waals surface area contributed by atoms with Crippen LogP contribution in [0.25, 0.3) is 0 Å². The van der Waals surface area contributed by atoms with Gasteiger partial charge < -0.3 is 5.32 Å². The van der Waals surface area contributed by atoms with Crippen molar-refractivity contribution < 1.29 is 22.2 Å². The number of ketones is 2. The van der Waals surface area contributed by atoms with Crippen molar-refractivity contribution in [2.75, 3.05) is 13.7 Å². The molecule has 2 aliphatic carbocycles. The predicted octanol–water partition coefficient (Wildman–Crippen LogP) is 2.55. The van der Waals surface area contributed by atoms with E-state index in [1.54, 1.807) is 31.3 Å². The zero-order valence-electron chi connectivity index (χ0n) is 16.0. The fraction of sp³-hybridized carbons (Fsp3) is 0.600. The normalized spacial score (nSPS) is 27.7. The molecule has 1 N–H and O–H groups in total. The smallest absolute Gasteiger partial charge is 0.284 e. The zero-order chi connectivity index (χ0) is 19.9. The Morgan fingerprint density at radius 1 is 1.30 bits per heavy atom. The lowest BCUT2D eigenvalue weighted by Crippen LogP contribution is -2.56. The Bertz CT molecular complexity index is 833. The van der Waals surface area contributed by atoms with Gasteiger partial charge in [-0.3, -0.25) is 13.8 Å². The summed E-state index contributed by atoms with van der Waals surface area (Å²) in [5.41, 5.74) is -0.865. The van der Waals surface area contributed by atoms with Crippen molar-refractivity contribution in [2.24, 2.45) is 16.7 Å². The van der Waals surface area contributed by atoms with Gasteiger partial charge in [-0.05, 0) is 31.2 Å². The molecule has 0 aliphatic heterocycles. The maximum Gasteiger partial charge on any atom is 0.284 e. The maximum atomic E-state index is 12.9. The molecule has 148 valence electrons. The van der Waals surface area contributed by atoms with Crippen molar-refractivity contribution in [3.05, 3.63) is 35.9 Å². The van der Waals surface area contributed by atoms with Gasteiger partial charge in [-0.1, -0.05) is 44.2 Å². The topological polar surface area (TPSA) is 89.5 Å². The predicted molar refractivity (Wildman–Crippen MR) is 102 cm³/mol. The second-order valence-electron chi connectivity index (χ2n) is 8.08. The zero-order valence-corrected chi connectivity index (χ0v) is 16.8. The summed E-state index contributed by atoms with van der Waals surface area (Å²) in [5, 5.41) is 1.74. The van der Waals surface area contributed by atoms with Crippen LogP contribution in [0.5, 0.6) is 0 Å². The Labute approximate surface area is 160 Å². The van der Waals surface area contributed by atoms with Gasteiger partial charge in [0.05, 0.1) is 12.0 Å². The number of hydrogen-bond acceptors (Lipinski definition) is 6. The van der Waals surface area contributed by atoms with Crippen LogP contribution in [0.1, 0.15) is 49.9 Å². The van der Waals surface area contributed by atoms with Gasteiger partial charge in [0.15, 0.2) is 5.78 Å². The van der Waals surface area contributed by atoms with Gasteiger partial charge in [0, 0.05) is 18.4 Å². The summed E-state index contributed by atoms with van der Waals surface area (Å²) in [7, 11) is -2.52. The minimum Gasteiger partial charge on any atom is -0.301 e. The first-order valence-corrected chi connectivity index (χ1v) is 10.8. The molecule has 3 unspecified atom stereocenters. The maximum absolute atomic E-state index is 12.9. The molecular weight excluding hydrogens is 366 g/mol. The molecule has 2 saturated carbocycles. The van der Waals surface area contributed by atoms with Crippen molar-refractivity contribution >= 4 is 21.7 Å². The van der Waals surface area contributed by atoms with Gasteiger partial charge in [0.1, 0.15) is 11.2 Å². The molecule has 0 radical (unpaired) electrons. The van der Waals surface area contributed by atoms with Crippen molar-refractivity contribution in [1.82, 2.24) is 5.32 Å². The Morgan fingerprint density at radius 3 is 2.48 bits per heavy atom. The molecular formula is C20H27NO5S. The highest BCUT2D eigenvalue weighted by Crippen LogP contribution is 2.65. The number of carbonyl (C=O) groups excluding carboxylic acids is 2. The molecule has 6 nitrogen and oxygen atoms in total. The van der Waals surface area contributed by atoms with Crippen molar-refractivity contribution in [1.29, 1.82) is 0 Å². The van der Waals surface area contributed by atoms with E-state index in [-0.39, 0.29) is 30.5 Å². The van der Waals surface area contributed by atoms with Crippen molar-refractivity contribution in [3.8, 4) is 0 Å². The summed E-state index contributed by atoms with van der Waals surface area (Å²) in [5.74, 6) is 0.0227. The molecule has 1 aromatic carbocycles. The fourth-order valence-electron chi connectivity index (χ4n) is 5.05. The van der Waals surface area contributed by atoms with E-state index in [9.17, 15) is 18.0 Å². The largest absolute Gasteiger partial charge is 0.301 e. The molecule has 3 rings (SSSR count). The summed E-state index contributed by atoms with van der Waals surface area (Å²) in [6.45, 7) is 3.73. The van der Waals surface area contributed by atoms with Crippen LogP contribution in [0.2, 0.25) is 0 Å². The Kier molecular flexibility index (Phi) is 5.31.